The lowest BCUT2D eigenvalue weighted by Crippen LogP contribution is -2.33. The predicted octanol–water partition coefficient (Wildman–Crippen LogP) is 7.45. The quantitative estimate of drug-likeness (QED) is 0.216. The highest BCUT2D eigenvalue weighted by Crippen LogP contribution is 2.63. The van der Waals surface area contributed by atoms with Crippen molar-refractivity contribution in [1.82, 2.24) is 15.2 Å². The molecule has 3 nitrogen and oxygen atoms in total. The molecule has 48 heavy (non-hydrogen) atoms. The minimum absolute atomic E-state index is 0.283. The lowest BCUT2D eigenvalue weighted by Gasteiger charge is -2.33. The number of dihydropyridines is 2. The van der Waals surface area contributed by atoms with Crippen LogP contribution in [-0.2, 0) is 11.8 Å². The summed E-state index contributed by atoms with van der Waals surface area (Å²) >= 11 is 0. The first-order valence-electron chi connectivity index (χ1n) is 17.5. The van der Waals surface area contributed by atoms with E-state index in [1.54, 1.807) is 0 Å². The molecule has 0 saturated heterocycles. The number of rotatable bonds is 2. The van der Waals surface area contributed by atoms with Crippen LogP contribution < -0.4 is 21.2 Å². The average Bonchev–Trinajstić information content (AvgIpc) is 3.76. The maximum absolute atomic E-state index is 3.76. The number of allylic oxidation sites excluding steroid dienone is 5. The Morgan fingerprint density at radius 1 is 0.708 bits per heavy atom. The van der Waals surface area contributed by atoms with Gasteiger partial charge in [0.1, 0.15) is 0 Å². The third-order valence-electron chi connectivity index (χ3n) is 11.6. The smallest absolute Gasteiger partial charge is 0.0755 e. The normalized spacial score (nSPS) is 20.3. The van der Waals surface area contributed by atoms with Gasteiger partial charge in [-0.1, -0.05) is 121 Å². The van der Waals surface area contributed by atoms with Crippen LogP contribution in [0.25, 0.3) is 45.8 Å². The molecule has 0 saturated carbocycles. The summed E-state index contributed by atoms with van der Waals surface area (Å²) in [4.78, 5) is 0. The molecule has 4 aliphatic carbocycles. The van der Waals surface area contributed by atoms with Crippen molar-refractivity contribution in [3.63, 3.8) is 0 Å². The molecule has 230 valence electrons. The molecule has 4 aromatic carbocycles. The molecule has 0 bridgehead atoms. The average molecular weight is 618 g/mol. The summed E-state index contributed by atoms with van der Waals surface area (Å²) in [5.74, 6) is 0.283. The van der Waals surface area contributed by atoms with E-state index in [-0.39, 0.29) is 11.3 Å². The van der Waals surface area contributed by atoms with Gasteiger partial charge in [-0.15, -0.1) is 0 Å². The first-order chi connectivity index (χ1) is 23.8. The molecular weight excluding hydrogens is 583 g/mol. The number of nitrogens with one attached hydrogen (secondary N) is 2. The van der Waals surface area contributed by atoms with Crippen LogP contribution in [0.3, 0.4) is 0 Å². The van der Waals surface area contributed by atoms with Gasteiger partial charge in [-0.25, -0.2) is 0 Å². The number of hydrogen-bond acceptors (Lipinski definition) is 2. The van der Waals surface area contributed by atoms with Crippen molar-refractivity contribution in [3.8, 4) is 16.8 Å². The van der Waals surface area contributed by atoms with Gasteiger partial charge in [0.2, 0.25) is 0 Å². The van der Waals surface area contributed by atoms with Crippen LogP contribution in [0.15, 0.2) is 138 Å². The zero-order valence-corrected chi connectivity index (χ0v) is 26.8. The van der Waals surface area contributed by atoms with Gasteiger partial charge in [-0.3, -0.25) is 0 Å². The van der Waals surface area contributed by atoms with Crippen LogP contribution in [0, 0.1) is 0 Å². The Balaban J connectivity index is 1.13. The van der Waals surface area contributed by atoms with Gasteiger partial charge in [0.05, 0.1) is 16.8 Å². The Morgan fingerprint density at radius 3 is 2.33 bits per heavy atom. The van der Waals surface area contributed by atoms with E-state index in [1.165, 1.54) is 88.6 Å². The van der Waals surface area contributed by atoms with Crippen molar-refractivity contribution < 1.29 is 0 Å². The first kappa shape index (κ1) is 26.5. The third-order valence-corrected chi connectivity index (χ3v) is 11.6. The molecule has 11 rings (SSSR count). The fraction of sp³-hybridized carbons (Fsp3) is 0.156. The fourth-order valence-corrected chi connectivity index (χ4v) is 9.74. The van der Waals surface area contributed by atoms with Crippen LogP contribution in [0.4, 0.5) is 0 Å². The van der Waals surface area contributed by atoms with E-state index >= 15 is 0 Å². The standard InChI is InChI=1S/C45H35N3/c1-2-11-29-26-31(22-20-28(29)10-1)48-40-19-6-4-12-33(40)35-27-30(21-23-41(35)48)32-14-7-16-37-42(32)34-13-3-5-15-36(34)45(37)38-17-8-24-46-43(38)44-39(45)18-9-25-47-44/h1-5,7-18,20,22-23,26-27,30,46-47H,6,19,21,24-25H2. The molecule has 3 heteroatoms. The zero-order chi connectivity index (χ0) is 31.4. The molecule has 0 amide bonds. The van der Waals surface area contributed by atoms with E-state index in [4.69, 9.17) is 0 Å². The number of nitrogens with zero attached hydrogens (tertiary/aromatic N) is 1. The zero-order valence-electron chi connectivity index (χ0n) is 26.8. The molecular formula is C45H35N3. The molecule has 0 radical (unpaired) electrons. The summed E-state index contributed by atoms with van der Waals surface area (Å²) in [6, 6.07) is 32.0. The number of benzene rings is 4. The Hall–Kier alpha value is -5.54. The highest BCUT2D eigenvalue weighted by Gasteiger charge is 2.54. The molecule has 1 atom stereocenters. The van der Waals surface area contributed by atoms with Crippen LogP contribution in [-0.4, -0.2) is 17.7 Å². The molecule has 6 aliphatic rings. The van der Waals surface area contributed by atoms with Gasteiger partial charge < -0.3 is 15.2 Å². The molecule has 5 aromatic rings. The lowest BCUT2D eigenvalue weighted by molar-refractivity contribution is 0.755. The third kappa shape index (κ3) is 3.33. The fourth-order valence-electron chi connectivity index (χ4n) is 9.74. The molecule has 1 aromatic heterocycles. The van der Waals surface area contributed by atoms with E-state index < -0.39 is 0 Å². The maximum Gasteiger partial charge on any atom is 0.0755 e. The van der Waals surface area contributed by atoms with Crippen molar-refractivity contribution in [1.29, 1.82) is 0 Å². The van der Waals surface area contributed by atoms with Crippen molar-refractivity contribution in [3.05, 3.63) is 176 Å². The van der Waals surface area contributed by atoms with Crippen molar-refractivity contribution in [2.45, 2.75) is 30.6 Å². The second-order valence-corrected chi connectivity index (χ2v) is 13.9. The number of fused-ring (bicyclic) bond motifs is 12. The summed E-state index contributed by atoms with van der Waals surface area (Å²) in [6.07, 6.45) is 22.3. The van der Waals surface area contributed by atoms with Crippen LogP contribution >= 0.6 is 0 Å². The SMILES string of the molecule is C1=Cc2c(n(-c3ccc4ccccc4c3)c3c2=CC(c2cccc4c2-c2ccccc2C42C4=C(NCC=C4)C4=C2C=CCN4)CC=3)CC1. The van der Waals surface area contributed by atoms with E-state index in [2.05, 4.69) is 149 Å². The van der Waals surface area contributed by atoms with Gasteiger partial charge in [0, 0.05) is 46.5 Å². The minimum Gasteiger partial charge on any atom is -0.380 e. The molecule has 2 aliphatic heterocycles. The summed E-state index contributed by atoms with van der Waals surface area (Å²) < 4.78 is 2.55. The van der Waals surface area contributed by atoms with Crippen LogP contribution in [0.1, 0.15) is 46.7 Å². The van der Waals surface area contributed by atoms with Gasteiger partial charge >= 0.3 is 0 Å². The maximum atomic E-state index is 3.76. The number of aromatic nitrogens is 1. The minimum atomic E-state index is -0.328. The van der Waals surface area contributed by atoms with Gasteiger partial charge in [-0.05, 0) is 81.1 Å². The summed E-state index contributed by atoms with van der Waals surface area (Å²) in [6.45, 7) is 1.72. The second-order valence-electron chi connectivity index (χ2n) is 13.9. The topological polar surface area (TPSA) is 29.0 Å². The summed E-state index contributed by atoms with van der Waals surface area (Å²) in [7, 11) is 0. The molecule has 1 spiro atoms. The monoisotopic (exact) mass is 617 g/mol. The molecule has 3 heterocycles. The Kier molecular flexibility index (Phi) is 5.38. The van der Waals surface area contributed by atoms with Crippen LogP contribution in [0.2, 0.25) is 0 Å². The van der Waals surface area contributed by atoms with Crippen molar-refractivity contribution in [2.24, 2.45) is 0 Å². The highest BCUT2D eigenvalue weighted by molar-refractivity contribution is 5.92. The summed E-state index contributed by atoms with van der Waals surface area (Å²) in [5, 5.41) is 12.8. The van der Waals surface area contributed by atoms with E-state index in [9.17, 15) is 0 Å². The molecule has 2 N–H and O–H groups in total. The first-order valence-corrected chi connectivity index (χ1v) is 17.5. The van der Waals surface area contributed by atoms with Crippen LogP contribution in [0.5, 0.6) is 0 Å². The lowest BCUT2D eigenvalue weighted by atomic mass is 9.68. The molecule has 0 fully saturated rings. The Labute approximate surface area is 280 Å². The second kappa shape index (κ2) is 9.74. The highest BCUT2D eigenvalue weighted by atomic mass is 15.0. The molecule has 1 unspecified atom stereocenters. The predicted molar refractivity (Wildman–Crippen MR) is 197 cm³/mol. The van der Waals surface area contributed by atoms with Gasteiger partial charge in [0.25, 0.3) is 0 Å². The van der Waals surface area contributed by atoms with Gasteiger partial charge in [0.15, 0.2) is 0 Å². The van der Waals surface area contributed by atoms with Crippen molar-refractivity contribution in [2.75, 3.05) is 13.1 Å². The van der Waals surface area contributed by atoms with Gasteiger partial charge in [-0.2, -0.15) is 0 Å². The Bertz CT molecular complexity index is 2510. The van der Waals surface area contributed by atoms with E-state index in [0.29, 0.717) is 0 Å². The van der Waals surface area contributed by atoms with E-state index in [1.807, 2.05) is 0 Å². The number of hydrogen-bond donors (Lipinski definition) is 2. The largest absolute Gasteiger partial charge is 0.380 e. The van der Waals surface area contributed by atoms with Crippen molar-refractivity contribution >= 4 is 29.0 Å². The van der Waals surface area contributed by atoms with E-state index in [0.717, 1.165) is 32.4 Å². The summed E-state index contributed by atoms with van der Waals surface area (Å²) in [5.41, 5.74) is 16.1. The Morgan fingerprint density at radius 2 is 1.48 bits per heavy atom.